The number of carbonyl (C=O) groups is 1. The highest BCUT2D eigenvalue weighted by molar-refractivity contribution is 6.30. The predicted molar refractivity (Wildman–Crippen MR) is 126 cm³/mol. The van der Waals surface area contributed by atoms with E-state index in [1.807, 2.05) is 72.8 Å². The number of nitrogens with zero attached hydrogens (tertiary/aromatic N) is 3. The number of para-hydroxylation sites is 1. The lowest BCUT2D eigenvalue weighted by atomic mass is 9.98. The molecule has 0 radical (unpaired) electrons. The molecule has 6 heteroatoms. The topological polar surface area (TPSA) is 54.8 Å². The summed E-state index contributed by atoms with van der Waals surface area (Å²) in [6, 6.07) is 26.4. The van der Waals surface area contributed by atoms with E-state index in [-0.39, 0.29) is 11.9 Å². The number of amides is 1. The van der Waals surface area contributed by atoms with Crippen LogP contribution >= 0.6 is 11.6 Å². The first kappa shape index (κ1) is 20.2. The number of methoxy groups -OCH3 is 1. The summed E-state index contributed by atoms with van der Waals surface area (Å²) >= 11 is 6.67. The monoisotopic (exact) mass is 441 g/mol. The van der Waals surface area contributed by atoms with Gasteiger partial charge in [0.05, 0.1) is 18.9 Å². The molecule has 2 heterocycles. The fourth-order valence-electron chi connectivity index (χ4n) is 4.02. The number of carbonyl (C=O) groups excluding carboxylic acids is 1. The minimum absolute atomic E-state index is 0.177. The fourth-order valence-corrected chi connectivity index (χ4v) is 4.29. The summed E-state index contributed by atoms with van der Waals surface area (Å²) in [4.78, 5) is 18.0. The average molecular weight is 442 g/mol. The van der Waals surface area contributed by atoms with Crippen molar-refractivity contribution in [1.82, 2.24) is 9.99 Å². The van der Waals surface area contributed by atoms with Crippen molar-refractivity contribution in [2.45, 2.75) is 12.5 Å². The van der Waals surface area contributed by atoms with Gasteiger partial charge in [0.1, 0.15) is 16.4 Å². The lowest BCUT2D eigenvalue weighted by Crippen LogP contribution is -2.27. The quantitative estimate of drug-likeness (QED) is 0.371. The number of pyridine rings is 1. The number of halogens is 1. The van der Waals surface area contributed by atoms with Gasteiger partial charge in [-0.3, -0.25) is 4.79 Å². The van der Waals surface area contributed by atoms with Crippen molar-refractivity contribution in [1.29, 1.82) is 0 Å². The van der Waals surface area contributed by atoms with Crippen LogP contribution in [-0.4, -0.2) is 28.7 Å². The van der Waals surface area contributed by atoms with Gasteiger partial charge < -0.3 is 4.74 Å². The Hall–Kier alpha value is -3.70. The molecule has 1 aliphatic rings. The van der Waals surface area contributed by atoms with E-state index in [1.54, 1.807) is 19.2 Å². The van der Waals surface area contributed by atoms with Crippen LogP contribution in [0.15, 0.2) is 90.0 Å². The highest BCUT2D eigenvalue weighted by Gasteiger charge is 2.35. The molecule has 0 N–H and O–H groups in total. The number of hydrogen-bond donors (Lipinski definition) is 0. The number of aromatic nitrogens is 1. The van der Waals surface area contributed by atoms with Crippen LogP contribution in [0, 0.1) is 0 Å². The maximum atomic E-state index is 13.4. The van der Waals surface area contributed by atoms with E-state index in [0.717, 1.165) is 22.2 Å². The van der Waals surface area contributed by atoms with Crippen LogP contribution in [0.2, 0.25) is 5.15 Å². The molecule has 32 heavy (non-hydrogen) atoms. The van der Waals surface area contributed by atoms with Gasteiger partial charge in [0.25, 0.3) is 5.91 Å². The van der Waals surface area contributed by atoms with Crippen molar-refractivity contribution >= 4 is 34.1 Å². The third kappa shape index (κ3) is 3.61. The Morgan fingerprint density at radius 2 is 1.72 bits per heavy atom. The highest BCUT2D eigenvalue weighted by atomic mass is 35.5. The van der Waals surface area contributed by atoms with Crippen molar-refractivity contribution in [2.24, 2.45) is 5.10 Å². The molecular formula is C26H20ClN3O2. The Bertz CT molecular complexity index is 1320. The average Bonchev–Trinajstić information content (AvgIpc) is 3.29. The zero-order valence-corrected chi connectivity index (χ0v) is 18.2. The minimum Gasteiger partial charge on any atom is -0.494 e. The van der Waals surface area contributed by atoms with Crippen LogP contribution in [0.3, 0.4) is 0 Å². The smallest absolute Gasteiger partial charge is 0.274 e. The summed E-state index contributed by atoms with van der Waals surface area (Å²) in [6.45, 7) is 0. The summed E-state index contributed by atoms with van der Waals surface area (Å²) < 4.78 is 5.43. The number of benzene rings is 3. The molecule has 5 rings (SSSR count). The van der Waals surface area contributed by atoms with E-state index in [9.17, 15) is 4.79 Å². The van der Waals surface area contributed by atoms with Gasteiger partial charge >= 0.3 is 0 Å². The molecule has 1 aromatic heterocycles. The maximum Gasteiger partial charge on any atom is 0.274 e. The Kier molecular flexibility index (Phi) is 5.33. The van der Waals surface area contributed by atoms with Gasteiger partial charge in [-0.1, -0.05) is 72.3 Å². The molecule has 4 aromatic rings. The molecule has 5 nitrogen and oxygen atoms in total. The second-order valence-corrected chi connectivity index (χ2v) is 7.91. The van der Waals surface area contributed by atoms with Crippen molar-refractivity contribution in [2.75, 3.05) is 7.11 Å². The zero-order valence-electron chi connectivity index (χ0n) is 17.4. The Morgan fingerprint density at radius 1 is 1.00 bits per heavy atom. The lowest BCUT2D eigenvalue weighted by Gasteiger charge is -2.23. The molecule has 3 aromatic carbocycles. The van der Waals surface area contributed by atoms with Gasteiger partial charge in [0, 0.05) is 22.9 Å². The summed E-state index contributed by atoms with van der Waals surface area (Å²) in [6.07, 6.45) is 0.541. The minimum atomic E-state index is -0.367. The normalized spacial score (nSPS) is 15.6. The number of ether oxygens (including phenoxy) is 1. The molecule has 1 amide bonds. The second kappa shape index (κ2) is 8.44. The standard InChI is InChI=1S/C26H20ClN3O2/c1-32-23-14-8-13-19-15-20(25(27)28-24(19)23)22-16-21(17-9-4-2-5-10-17)29-30(22)26(31)18-11-6-3-7-12-18/h2-15,22H,16H2,1H3/t22-/m1/s1. The summed E-state index contributed by atoms with van der Waals surface area (Å²) in [7, 11) is 1.61. The summed E-state index contributed by atoms with van der Waals surface area (Å²) in [5.41, 5.74) is 3.83. The number of fused-ring (bicyclic) bond motifs is 1. The molecule has 158 valence electrons. The fraction of sp³-hybridized carbons (Fsp3) is 0.115. The van der Waals surface area contributed by atoms with Gasteiger partial charge in [0.2, 0.25) is 0 Å². The highest BCUT2D eigenvalue weighted by Crippen LogP contribution is 2.39. The molecule has 1 atom stereocenters. The first-order valence-corrected chi connectivity index (χ1v) is 10.7. The summed E-state index contributed by atoms with van der Waals surface area (Å²) in [5, 5.41) is 7.50. The molecule has 0 bridgehead atoms. The lowest BCUT2D eigenvalue weighted by molar-refractivity contribution is 0.0711. The van der Waals surface area contributed by atoms with Crippen LogP contribution in [-0.2, 0) is 0 Å². The third-order valence-electron chi connectivity index (χ3n) is 5.61. The van der Waals surface area contributed by atoms with Gasteiger partial charge in [0.15, 0.2) is 0 Å². The molecule has 0 unspecified atom stereocenters. The number of rotatable bonds is 4. The van der Waals surface area contributed by atoms with Crippen molar-refractivity contribution < 1.29 is 9.53 Å². The Balaban J connectivity index is 1.61. The van der Waals surface area contributed by atoms with Crippen molar-refractivity contribution in [3.05, 3.63) is 107 Å². The van der Waals surface area contributed by atoms with Crippen molar-refractivity contribution in [3.63, 3.8) is 0 Å². The number of hydrazone groups is 1. The Morgan fingerprint density at radius 3 is 2.44 bits per heavy atom. The molecule has 0 aliphatic carbocycles. The van der Waals surface area contributed by atoms with E-state index in [2.05, 4.69) is 4.98 Å². The third-order valence-corrected chi connectivity index (χ3v) is 5.92. The van der Waals surface area contributed by atoms with Crippen LogP contribution in [0.1, 0.15) is 33.9 Å². The largest absolute Gasteiger partial charge is 0.494 e. The predicted octanol–water partition coefficient (Wildman–Crippen LogP) is 5.89. The van der Waals surface area contributed by atoms with E-state index in [1.165, 1.54) is 5.01 Å². The molecule has 0 fully saturated rings. The molecule has 0 saturated carbocycles. The zero-order chi connectivity index (χ0) is 22.1. The van der Waals surface area contributed by atoms with Gasteiger partial charge in [-0.25, -0.2) is 9.99 Å². The van der Waals surface area contributed by atoms with E-state index >= 15 is 0 Å². The van der Waals surface area contributed by atoms with Gasteiger partial charge in [-0.2, -0.15) is 5.10 Å². The maximum absolute atomic E-state index is 13.4. The van der Waals surface area contributed by atoms with E-state index < -0.39 is 0 Å². The van der Waals surface area contributed by atoms with Crippen LogP contribution in [0.5, 0.6) is 5.75 Å². The van der Waals surface area contributed by atoms with Gasteiger partial charge in [-0.15, -0.1) is 0 Å². The SMILES string of the molecule is COc1cccc2cc([C@H]3CC(c4ccccc4)=NN3C(=O)c3ccccc3)c(Cl)nc12. The summed E-state index contributed by atoms with van der Waals surface area (Å²) in [5.74, 6) is 0.476. The van der Waals surface area contributed by atoms with E-state index in [4.69, 9.17) is 21.4 Å². The van der Waals surface area contributed by atoms with Crippen molar-refractivity contribution in [3.8, 4) is 5.75 Å². The molecular weight excluding hydrogens is 422 g/mol. The van der Waals surface area contributed by atoms with Crippen LogP contribution in [0.4, 0.5) is 0 Å². The molecule has 1 aliphatic heterocycles. The Labute approximate surface area is 190 Å². The van der Waals surface area contributed by atoms with Gasteiger partial charge in [-0.05, 0) is 29.8 Å². The van der Waals surface area contributed by atoms with Crippen LogP contribution < -0.4 is 4.74 Å². The van der Waals surface area contributed by atoms with Crippen LogP contribution in [0.25, 0.3) is 10.9 Å². The first-order chi connectivity index (χ1) is 15.7. The number of hydrogen-bond acceptors (Lipinski definition) is 4. The molecule has 0 saturated heterocycles. The molecule has 0 spiro atoms. The first-order valence-electron chi connectivity index (χ1n) is 10.3. The van der Waals surface area contributed by atoms with E-state index in [0.29, 0.717) is 28.4 Å². The second-order valence-electron chi connectivity index (χ2n) is 7.55.